The Labute approximate surface area is 89.4 Å². The fourth-order valence-corrected chi connectivity index (χ4v) is 1.15. The van der Waals surface area contributed by atoms with E-state index in [9.17, 15) is 0 Å². The smallest absolute Gasteiger partial charge is 0.108 e. The van der Waals surface area contributed by atoms with E-state index in [1.165, 1.54) is 0 Å². The first-order chi connectivity index (χ1) is 7.05. The Kier molecular flexibility index (Phi) is 2.75. The van der Waals surface area contributed by atoms with Gasteiger partial charge in [-0.05, 0) is 20.8 Å². The van der Waals surface area contributed by atoms with Crippen molar-refractivity contribution in [1.29, 1.82) is 0 Å². The predicted octanol–water partition coefficient (Wildman–Crippen LogP) is 0.948. The molecule has 2 heterocycles. The Morgan fingerprint density at radius 2 is 2.33 bits per heavy atom. The number of aromatic nitrogens is 3. The van der Waals surface area contributed by atoms with Crippen LogP contribution in [0.5, 0.6) is 0 Å². The lowest BCUT2D eigenvalue weighted by atomic mass is 10.1. The van der Waals surface area contributed by atoms with Gasteiger partial charge in [-0.15, -0.1) is 5.10 Å². The zero-order chi connectivity index (χ0) is 10.9. The van der Waals surface area contributed by atoms with Crippen LogP contribution in [0.3, 0.4) is 0 Å². The van der Waals surface area contributed by atoms with Crippen molar-refractivity contribution in [3.63, 3.8) is 0 Å². The summed E-state index contributed by atoms with van der Waals surface area (Å²) in [4.78, 5) is 0. The first-order valence-corrected chi connectivity index (χ1v) is 5.17. The molecule has 0 N–H and O–H groups in total. The fraction of sp³-hybridized carbons (Fsp3) is 0.800. The summed E-state index contributed by atoms with van der Waals surface area (Å²) in [6, 6.07) is 0. The van der Waals surface area contributed by atoms with Crippen molar-refractivity contribution in [3.05, 3.63) is 11.9 Å². The maximum Gasteiger partial charge on any atom is 0.108 e. The number of epoxide rings is 1. The number of hydrogen-bond acceptors (Lipinski definition) is 4. The van der Waals surface area contributed by atoms with Crippen LogP contribution in [0.25, 0.3) is 0 Å². The van der Waals surface area contributed by atoms with Crippen LogP contribution in [-0.2, 0) is 21.6 Å². The third kappa shape index (κ3) is 3.00. The van der Waals surface area contributed by atoms with Crippen LogP contribution in [0.4, 0.5) is 0 Å². The third-order valence-electron chi connectivity index (χ3n) is 2.18. The number of hydrogen-bond donors (Lipinski definition) is 0. The Balaban J connectivity index is 1.83. The Hall–Kier alpha value is -0.940. The molecule has 0 saturated carbocycles. The van der Waals surface area contributed by atoms with E-state index in [1.807, 2.05) is 10.9 Å². The van der Waals surface area contributed by atoms with Crippen LogP contribution in [-0.4, -0.2) is 34.3 Å². The van der Waals surface area contributed by atoms with Crippen molar-refractivity contribution < 1.29 is 9.47 Å². The number of nitrogens with zero attached hydrogens (tertiary/aromatic N) is 3. The molecule has 15 heavy (non-hydrogen) atoms. The summed E-state index contributed by atoms with van der Waals surface area (Å²) >= 11 is 0. The van der Waals surface area contributed by atoms with Crippen LogP contribution in [0.2, 0.25) is 0 Å². The topological polar surface area (TPSA) is 52.5 Å². The molecule has 0 spiro atoms. The molecule has 1 aliphatic heterocycles. The molecule has 0 amide bonds. The van der Waals surface area contributed by atoms with Gasteiger partial charge in [0.1, 0.15) is 11.8 Å². The van der Waals surface area contributed by atoms with Gasteiger partial charge in [0.25, 0.3) is 0 Å². The zero-order valence-corrected chi connectivity index (χ0v) is 9.43. The van der Waals surface area contributed by atoms with E-state index in [-0.39, 0.29) is 5.54 Å². The van der Waals surface area contributed by atoms with Gasteiger partial charge >= 0.3 is 0 Å². The minimum Gasteiger partial charge on any atom is -0.372 e. The van der Waals surface area contributed by atoms with E-state index in [4.69, 9.17) is 9.47 Å². The minimum atomic E-state index is -0.0230. The van der Waals surface area contributed by atoms with E-state index in [0.29, 0.717) is 19.3 Å². The molecule has 2 rings (SSSR count). The molecule has 0 radical (unpaired) electrons. The quantitative estimate of drug-likeness (QED) is 0.696. The normalized spacial score (nSPS) is 20.6. The SMILES string of the molecule is CC(C)(C)n1cc(COCC2CO2)nn1. The van der Waals surface area contributed by atoms with Gasteiger partial charge in [0, 0.05) is 0 Å². The predicted molar refractivity (Wildman–Crippen MR) is 54.4 cm³/mol. The Morgan fingerprint density at radius 1 is 1.60 bits per heavy atom. The summed E-state index contributed by atoms with van der Waals surface area (Å²) in [5.41, 5.74) is 0.843. The Bertz CT molecular complexity index is 326. The molecular weight excluding hydrogens is 194 g/mol. The average Bonchev–Trinajstić information content (AvgIpc) is 2.80. The molecule has 1 aromatic rings. The summed E-state index contributed by atoms with van der Waals surface area (Å²) in [7, 11) is 0. The first kappa shape index (κ1) is 10.6. The summed E-state index contributed by atoms with van der Waals surface area (Å²) in [5.74, 6) is 0. The lowest BCUT2D eigenvalue weighted by Crippen LogP contribution is -2.22. The van der Waals surface area contributed by atoms with Crippen LogP contribution in [0, 0.1) is 0 Å². The maximum atomic E-state index is 5.43. The highest BCUT2D eigenvalue weighted by atomic mass is 16.6. The molecule has 1 aromatic heterocycles. The van der Waals surface area contributed by atoms with Gasteiger partial charge in [-0.25, -0.2) is 4.68 Å². The van der Waals surface area contributed by atoms with E-state index in [1.54, 1.807) is 0 Å². The van der Waals surface area contributed by atoms with Crippen LogP contribution < -0.4 is 0 Å². The van der Waals surface area contributed by atoms with Gasteiger partial charge in [-0.2, -0.15) is 0 Å². The number of ether oxygens (including phenoxy) is 2. The van der Waals surface area contributed by atoms with Crippen molar-refractivity contribution in [3.8, 4) is 0 Å². The van der Waals surface area contributed by atoms with Crippen LogP contribution in [0.1, 0.15) is 26.5 Å². The van der Waals surface area contributed by atoms with Crippen LogP contribution in [0.15, 0.2) is 6.20 Å². The monoisotopic (exact) mass is 211 g/mol. The van der Waals surface area contributed by atoms with E-state index in [2.05, 4.69) is 31.1 Å². The molecule has 5 heteroatoms. The standard InChI is InChI=1S/C10H17N3O2/c1-10(2,3)13-4-8(11-12-13)5-14-6-9-7-15-9/h4,9H,5-7H2,1-3H3. The molecule has 84 valence electrons. The molecule has 0 aliphatic carbocycles. The molecule has 0 aromatic carbocycles. The van der Waals surface area contributed by atoms with E-state index >= 15 is 0 Å². The van der Waals surface area contributed by atoms with Gasteiger partial charge in [0.15, 0.2) is 0 Å². The summed E-state index contributed by atoms with van der Waals surface area (Å²) in [6.07, 6.45) is 2.23. The van der Waals surface area contributed by atoms with Crippen LogP contribution >= 0.6 is 0 Å². The van der Waals surface area contributed by atoms with Crippen molar-refractivity contribution in [1.82, 2.24) is 15.0 Å². The fourth-order valence-electron chi connectivity index (χ4n) is 1.15. The Morgan fingerprint density at radius 3 is 2.87 bits per heavy atom. The molecule has 1 fully saturated rings. The first-order valence-electron chi connectivity index (χ1n) is 5.17. The molecule has 1 unspecified atom stereocenters. The van der Waals surface area contributed by atoms with Crippen molar-refractivity contribution >= 4 is 0 Å². The average molecular weight is 211 g/mol. The molecule has 1 aliphatic rings. The molecule has 1 atom stereocenters. The number of rotatable bonds is 4. The van der Waals surface area contributed by atoms with E-state index in [0.717, 1.165) is 12.3 Å². The van der Waals surface area contributed by atoms with Gasteiger partial charge < -0.3 is 9.47 Å². The van der Waals surface area contributed by atoms with Gasteiger partial charge in [-0.3, -0.25) is 0 Å². The lowest BCUT2D eigenvalue weighted by Gasteiger charge is -2.17. The second kappa shape index (κ2) is 3.90. The summed E-state index contributed by atoms with van der Waals surface area (Å²) in [6.45, 7) is 8.26. The molecule has 0 bridgehead atoms. The molecular formula is C10H17N3O2. The maximum absolute atomic E-state index is 5.43. The minimum absolute atomic E-state index is 0.0230. The molecule has 1 saturated heterocycles. The summed E-state index contributed by atoms with van der Waals surface area (Å²) in [5, 5.41) is 8.10. The summed E-state index contributed by atoms with van der Waals surface area (Å²) < 4.78 is 12.3. The highest BCUT2D eigenvalue weighted by Crippen LogP contribution is 2.13. The molecule has 5 nitrogen and oxygen atoms in total. The third-order valence-corrected chi connectivity index (χ3v) is 2.18. The second-order valence-electron chi connectivity index (χ2n) is 4.80. The highest BCUT2D eigenvalue weighted by molar-refractivity contribution is 4.92. The highest BCUT2D eigenvalue weighted by Gasteiger charge is 2.22. The largest absolute Gasteiger partial charge is 0.372 e. The van der Waals surface area contributed by atoms with Gasteiger partial charge in [-0.1, -0.05) is 5.21 Å². The second-order valence-corrected chi connectivity index (χ2v) is 4.80. The van der Waals surface area contributed by atoms with Crippen molar-refractivity contribution in [2.24, 2.45) is 0 Å². The zero-order valence-electron chi connectivity index (χ0n) is 9.43. The van der Waals surface area contributed by atoms with Gasteiger partial charge in [0.05, 0.1) is 31.6 Å². The van der Waals surface area contributed by atoms with Gasteiger partial charge in [0.2, 0.25) is 0 Å². The van der Waals surface area contributed by atoms with Crippen molar-refractivity contribution in [2.75, 3.05) is 13.2 Å². The lowest BCUT2D eigenvalue weighted by molar-refractivity contribution is 0.102. The van der Waals surface area contributed by atoms with Crippen molar-refractivity contribution in [2.45, 2.75) is 39.0 Å². The van der Waals surface area contributed by atoms with E-state index < -0.39 is 0 Å².